The first-order valence-electron chi connectivity index (χ1n) is 14.1. The number of benzene rings is 2. The van der Waals surface area contributed by atoms with Crippen LogP contribution in [0.25, 0.3) is 20.4 Å². The van der Waals surface area contributed by atoms with Crippen LogP contribution >= 0.6 is 46.2 Å². The molecule has 47 heavy (non-hydrogen) atoms. The Balaban J connectivity index is 0.000000172. The van der Waals surface area contributed by atoms with Gasteiger partial charge in [0.05, 0.1) is 20.4 Å². The topological polar surface area (TPSA) is 178 Å². The molecule has 0 spiro atoms. The first-order valence-corrected chi connectivity index (χ1v) is 17.5. The number of carboxylic acid groups (broad SMARTS) is 2. The van der Waals surface area contributed by atoms with Crippen molar-refractivity contribution >= 4 is 100 Å². The van der Waals surface area contributed by atoms with Crippen LogP contribution in [0.4, 0.5) is 5.69 Å². The van der Waals surface area contributed by atoms with E-state index in [1.165, 1.54) is 46.2 Å². The average Bonchev–Trinajstić information content (AvgIpc) is 3.81. The number of thiazole rings is 2. The molecule has 2 atom stereocenters. The lowest BCUT2D eigenvalue weighted by atomic mass is 10.0. The van der Waals surface area contributed by atoms with Gasteiger partial charge in [0.2, 0.25) is 0 Å². The molecule has 7 rings (SSSR count). The quantitative estimate of drug-likeness (QED) is 0.175. The summed E-state index contributed by atoms with van der Waals surface area (Å²) in [6.07, 6.45) is 3.62. The van der Waals surface area contributed by atoms with Gasteiger partial charge in [-0.1, -0.05) is 11.8 Å². The number of amides is 1. The van der Waals surface area contributed by atoms with Crippen molar-refractivity contribution in [2.75, 3.05) is 11.1 Å². The average molecular weight is 708 g/mol. The molecule has 0 saturated carbocycles. The molecular weight excluding hydrogens is 681 g/mol. The molecule has 0 aliphatic carbocycles. The molecule has 0 saturated heterocycles. The summed E-state index contributed by atoms with van der Waals surface area (Å²) < 4.78 is 3.10. The molecule has 3 aromatic heterocycles. The van der Waals surface area contributed by atoms with Crippen molar-refractivity contribution < 1.29 is 34.3 Å². The van der Waals surface area contributed by atoms with E-state index in [9.17, 15) is 24.6 Å². The lowest BCUT2D eigenvalue weighted by molar-refractivity contribution is -0.671. The molecule has 2 aliphatic heterocycles. The molecule has 4 N–H and O–H groups in total. The van der Waals surface area contributed by atoms with Crippen molar-refractivity contribution in [2.45, 2.75) is 30.7 Å². The highest BCUT2D eigenvalue weighted by Gasteiger charge is 2.43. The molecule has 12 nitrogen and oxygen atoms in total. The van der Waals surface area contributed by atoms with E-state index in [0.29, 0.717) is 37.1 Å². The number of aryl methyl sites for hydroxylation is 1. The fraction of sp³-hybridized carbons (Fsp3) is 0.226. The molecule has 1 amide bonds. The number of anilines is 1. The number of carbonyl (C=O) groups is 3. The van der Waals surface area contributed by atoms with Crippen molar-refractivity contribution in [3.63, 3.8) is 0 Å². The van der Waals surface area contributed by atoms with Crippen LogP contribution in [0.15, 0.2) is 70.9 Å². The number of aromatic hydroxyl groups is 1. The zero-order valence-electron chi connectivity index (χ0n) is 25.1. The van der Waals surface area contributed by atoms with E-state index in [0.717, 1.165) is 20.4 Å². The molecule has 16 heteroatoms. The predicted octanol–water partition coefficient (Wildman–Crippen LogP) is 5.05. The number of nitrogens with one attached hydrogen (secondary N) is 1. The summed E-state index contributed by atoms with van der Waals surface area (Å²) in [5.74, 6) is -1.40. The van der Waals surface area contributed by atoms with E-state index in [4.69, 9.17) is 5.11 Å². The van der Waals surface area contributed by atoms with Gasteiger partial charge >= 0.3 is 11.9 Å². The van der Waals surface area contributed by atoms with Crippen LogP contribution in [0.5, 0.6) is 5.75 Å². The molecule has 0 bridgehead atoms. The lowest BCUT2D eigenvalue weighted by Gasteiger charge is -2.19. The number of nitrogens with zero attached hydrogens (tertiary/aromatic N) is 5. The Morgan fingerprint density at radius 3 is 2.23 bits per heavy atom. The van der Waals surface area contributed by atoms with Crippen LogP contribution in [0, 0.1) is 0 Å². The smallest absolute Gasteiger partial charge is 0.329 e. The third kappa shape index (κ3) is 7.15. The van der Waals surface area contributed by atoms with Crippen LogP contribution in [0.3, 0.4) is 0 Å². The number of thioether (sulfide) groups is 2. The Morgan fingerprint density at radius 2 is 1.60 bits per heavy atom. The maximum absolute atomic E-state index is 12.4. The zero-order chi connectivity index (χ0) is 33.5. The monoisotopic (exact) mass is 707 g/mol. The maximum atomic E-state index is 12.4. The number of aromatic nitrogens is 3. The first kappa shape index (κ1) is 32.6. The van der Waals surface area contributed by atoms with Crippen LogP contribution in [-0.4, -0.2) is 75.8 Å². The lowest BCUT2D eigenvalue weighted by Crippen LogP contribution is -2.34. The number of pyridine rings is 1. The van der Waals surface area contributed by atoms with Gasteiger partial charge in [-0.25, -0.2) is 24.1 Å². The Morgan fingerprint density at radius 1 is 0.915 bits per heavy atom. The van der Waals surface area contributed by atoms with E-state index >= 15 is 0 Å². The fourth-order valence-electron chi connectivity index (χ4n) is 4.70. The highest BCUT2D eigenvalue weighted by atomic mass is 32.2. The van der Waals surface area contributed by atoms with E-state index < -0.39 is 28.8 Å². The number of carbonyl (C=O) groups excluding carboxylic acids is 1. The minimum atomic E-state index is -0.920. The van der Waals surface area contributed by atoms with Gasteiger partial charge in [-0.2, -0.15) is 0 Å². The molecule has 2 aromatic carbocycles. The second-order valence-electron chi connectivity index (χ2n) is 11.1. The van der Waals surface area contributed by atoms with Gasteiger partial charge in [0.15, 0.2) is 24.5 Å². The van der Waals surface area contributed by atoms with Gasteiger partial charge in [0, 0.05) is 22.3 Å². The summed E-state index contributed by atoms with van der Waals surface area (Å²) in [6.45, 7) is 3.73. The Hall–Kier alpha value is -4.38. The standard InChI is InChI=1S/C18H14N4O3S2.C13H12N2O3S2/c1-22-6-2-3-10(8-22)15(23)19-11-4-5-12-14(7-11)27-17(20-12)16-21-13(9-26-16)18(24)25;1-13(2)9(12(17)18)15-11(20-13)10-14-7-4-3-6(16)5-8(7)19-10/h2-8,13H,9H2,1H3,(H-,19,21,23,24,25);3-5,9,16H,1-2H3,(H,17,18)/p+1/t13-;/m1./s1. The van der Waals surface area contributed by atoms with Crippen molar-refractivity contribution in [2.24, 2.45) is 17.0 Å². The molecule has 2 aliphatic rings. The number of aliphatic imine (C=N–C) groups is 2. The predicted molar refractivity (Wildman–Crippen MR) is 187 cm³/mol. The van der Waals surface area contributed by atoms with E-state index in [1.54, 1.807) is 36.5 Å². The van der Waals surface area contributed by atoms with Gasteiger partial charge in [0.1, 0.15) is 38.5 Å². The number of phenolic OH excluding ortho intramolecular Hbond substituents is 1. The van der Waals surface area contributed by atoms with Crippen molar-refractivity contribution in [1.82, 2.24) is 9.97 Å². The van der Waals surface area contributed by atoms with Gasteiger partial charge in [-0.3, -0.25) is 14.8 Å². The van der Waals surface area contributed by atoms with Crippen molar-refractivity contribution in [3.05, 3.63) is 76.5 Å². The van der Waals surface area contributed by atoms with Crippen molar-refractivity contribution in [3.8, 4) is 5.75 Å². The summed E-state index contributed by atoms with van der Waals surface area (Å²) in [4.78, 5) is 52.2. The molecule has 5 aromatic rings. The maximum Gasteiger partial charge on any atom is 0.329 e. The molecule has 0 radical (unpaired) electrons. The van der Waals surface area contributed by atoms with Crippen molar-refractivity contribution in [1.29, 1.82) is 0 Å². The van der Waals surface area contributed by atoms with E-state index in [1.807, 2.05) is 49.9 Å². The van der Waals surface area contributed by atoms with E-state index in [2.05, 4.69) is 25.3 Å². The molecule has 5 heterocycles. The van der Waals surface area contributed by atoms with Crippen LogP contribution in [0.2, 0.25) is 0 Å². The zero-order valence-corrected chi connectivity index (χ0v) is 28.3. The summed E-state index contributed by atoms with van der Waals surface area (Å²) in [7, 11) is 1.86. The van der Waals surface area contributed by atoms with Gasteiger partial charge in [-0.05, 0) is 56.3 Å². The number of rotatable bonds is 6. The number of hydrogen-bond donors (Lipinski definition) is 4. The van der Waals surface area contributed by atoms with Gasteiger partial charge in [0.25, 0.3) is 5.91 Å². The number of hydrogen-bond acceptors (Lipinski definition) is 12. The summed E-state index contributed by atoms with van der Waals surface area (Å²) in [5.41, 5.74) is 2.82. The Bertz CT molecular complexity index is 2120. The third-order valence-corrected chi connectivity index (χ3v) is 11.6. The molecule has 0 fully saturated rings. The van der Waals surface area contributed by atoms with Crippen LogP contribution in [0.1, 0.15) is 34.2 Å². The first-order chi connectivity index (χ1) is 22.4. The number of fused-ring (bicyclic) bond motifs is 2. The fourth-order valence-corrected chi connectivity index (χ4v) is 8.99. The van der Waals surface area contributed by atoms with Crippen LogP contribution in [-0.2, 0) is 16.6 Å². The van der Waals surface area contributed by atoms with Crippen LogP contribution < -0.4 is 9.88 Å². The molecule has 1 unspecified atom stereocenters. The highest BCUT2D eigenvalue weighted by molar-refractivity contribution is 8.16. The summed E-state index contributed by atoms with van der Waals surface area (Å²) >= 11 is 5.68. The Kier molecular flexibility index (Phi) is 9.02. The summed E-state index contributed by atoms with van der Waals surface area (Å²) in [6, 6.07) is 12.6. The summed E-state index contributed by atoms with van der Waals surface area (Å²) in [5, 5.41) is 33.4. The molecular formula is C31H27N6O6S4+. The number of aliphatic carboxylic acids is 2. The second kappa shape index (κ2) is 13.0. The second-order valence-corrected chi connectivity index (χ2v) is 15.8. The number of carboxylic acids is 2. The SMILES string of the molecule is CC1(C)SC(c2nc3ccc(O)cc3s2)=NC1C(=O)O.C[n+]1cccc(C(=O)Nc2ccc3nc(C4=N[C@@H](C(=O)O)CS4)sc3c2)c1. The van der Waals surface area contributed by atoms with E-state index in [-0.39, 0.29) is 11.7 Å². The Labute approximate surface area is 284 Å². The highest BCUT2D eigenvalue weighted by Crippen LogP contribution is 2.41. The molecule has 240 valence electrons. The normalized spacial score (nSPS) is 18.4. The van der Waals surface area contributed by atoms with Gasteiger partial charge < -0.3 is 20.6 Å². The van der Waals surface area contributed by atoms with Gasteiger partial charge in [-0.15, -0.1) is 34.4 Å². The largest absolute Gasteiger partial charge is 0.508 e. The number of phenols is 1. The third-order valence-electron chi connectivity index (χ3n) is 7.02. The minimum absolute atomic E-state index is 0.185. The minimum Gasteiger partial charge on any atom is -0.508 e.